The zero-order chi connectivity index (χ0) is 23.2. The molecular formula is C26H22FNO4S. The van der Waals surface area contributed by atoms with E-state index in [1.54, 1.807) is 6.08 Å². The van der Waals surface area contributed by atoms with Crippen LogP contribution in [0.1, 0.15) is 16.7 Å². The number of rotatable bonds is 8. The molecule has 0 bridgehead atoms. The van der Waals surface area contributed by atoms with Gasteiger partial charge in [-0.2, -0.15) is 0 Å². The lowest BCUT2D eigenvalue weighted by atomic mass is 10.1. The van der Waals surface area contributed by atoms with Crippen LogP contribution in [0.3, 0.4) is 0 Å². The first-order valence-corrected chi connectivity index (χ1v) is 11.2. The van der Waals surface area contributed by atoms with Crippen LogP contribution in [0, 0.1) is 12.7 Å². The minimum absolute atomic E-state index is 0.116. The van der Waals surface area contributed by atoms with Gasteiger partial charge in [0.1, 0.15) is 30.5 Å². The molecule has 0 N–H and O–H groups in total. The summed E-state index contributed by atoms with van der Waals surface area (Å²) in [6.45, 7) is 2.76. The Morgan fingerprint density at radius 1 is 0.939 bits per heavy atom. The van der Waals surface area contributed by atoms with Crippen molar-refractivity contribution in [1.29, 1.82) is 0 Å². The van der Waals surface area contributed by atoms with Gasteiger partial charge in [0.05, 0.1) is 11.4 Å². The van der Waals surface area contributed by atoms with E-state index in [9.17, 15) is 14.0 Å². The maximum absolute atomic E-state index is 13.0. The lowest BCUT2D eigenvalue weighted by molar-refractivity contribution is -0.123. The van der Waals surface area contributed by atoms with Crippen molar-refractivity contribution in [2.75, 3.05) is 13.2 Å². The van der Waals surface area contributed by atoms with E-state index in [1.807, 2.05) is 49.4 Å². The van der Waals surface area contributed by atoms with E-state index < -0.39 is 0 Å². The van der Waals surface area contributed by atoms with E-state index in [2.05, 4.69) is 6.07 Å². The van der Waals surface area contributed by atoms with Crippen LogP contribution in [0.2, 0.25) is 0 Å². The van der Waals surface area contributed by atoms with Crippen molar-refractivity contribution >= 4 is 29.0 Å². The molecule has 1 aliphatic rings. The Bertz CT molecular complexity index is 1180. The fourth-order valence-electron chi connectivity index (χ4n) is 3.26. The van der Waals surface area contributed by atoms with E-state index in [1.165, 1.54) is 29.8 Å². The first-order chi connectivity index (χ1) is 16.0. The van der Waals surface area contributed by atoms with Gasteiger partial charge in [-0.25, -0.2) is 4.39 Å². The molecule has 0 spiro atoms. The lowest BCUT2D eigenvalue weighted by Crippen LogP contribution is -2.32. The maximum Gasteiger partial charge on any atom is 0.293 e. The number of imide groups is 1. The van der Waals surface area contributed by atoms with Crippen molar-refractivity contribution in [3.63, 3.8) is 0 Å². The lowest BCUT2D eigenvalue weighted by Gasteiger charge is -2.13. The number of halogens is 1. The largest absolute Gasteiger partial charge is 0.492 e. The van der Waals surface area contributed by atoms with Crippen LogP contribution in [-0.2, 0) is 11.4 Å². The number of benzene rings is 3. The van der Waals surface area contributed by atoms with E-state index in [-0.39, 0.29) is 30.1 Å². The summed E-state index contributed by atoms with van der Waals surface area (Å²) in [5.41, 5.74) is 3.07. The van der Waals surface area contributed by atoms with E-state index in [0.29, 0.717) is 17.3 Å². The maximum atomic E-state index is 13.0. The molecule has 33 heavy (non-hydrogen) atoms. The number of hydrogen-bond acceptors (Lipinski definition) is 5. The minimum Gasteiger partial charge on any atom is -0.492 e. The highest BCUT2D eigenvalue weighted by atomic mass is 32.2. The van der Waals surface area contributed by atoms with Gasteiger partial charge in [-0.05, 0) is 72.3 Å². The second-order valence-corrected chi connectivity index (χ2v) is 8.48. The van der Waals surface area contributed by atoms with Crippen LogP contribution in [0.4, 0.5) is 9.18 Å². The Kier molecular flexibility index (Phi) is 7.10. The van der Waals surface area contributed by atoms with Crippen LogP contribution in [0.25, 0.3) is 6.08 Å². The zero-order valence-corrected chi connectivity index (χ0v) is 18.8. The molecule has 7 heteroatoms. The average molecular weight is 464 g/mol. The van der Waals surface area contributed by atoms with Crippen LogP contribution >= 0.6 is 11.8 Å². The third-order valence-corrected chi connectivity index (χ3v) is 5.84. The highest BCUT2D eigenvalue weighted by Crippen LogP contribution is 2.32. The predicted octanol–water partition coefficient (Wildman–Crippen LogP) is 5.83. The van der Waals surface area contributed by atoms with Gasteiger partial charge in [0.15, 0.2) is 0 Å². The van der Waals surface area contributed by atoms with Gasteiger partial charge in [0, 0.05) is 0 Å². The summed E-state index contributed by atoms with van der Waals surface area (Å²) >= 11 is 0.900. The summed E-state index contributed by atoms with van der Waals surface area (Å²) in [6, 6.07) is 21.1. The molecule has 2 amide bonds. The Morgan fingerprint density at radius 2 is 1.64 bits per heavy atom. The highest BCUT2D eigenvalue weighted by Gasteiger charge is 2.34. The molecule has 0 radical (unpaired) electrons. The molecule has 0 aromatic heterocycles. The number of carbonyl (C=O) groups is 2. The monoisotopic (exact) mass is 463 g/mol. The summed E-state index contributed by atoms with van der Waals surface area (Å²) in [6.07, 6.45) is 1.69. The second kappa shape index (κ2) is 10.4. The van der Waals surface area contributed by atoms with Gasteiger partial charge in [0.25, 0.3) is 11.1 Å². The Morgan fingerprint density at radius 3 is 2.36 bits per heavy atom. The molecule has 0 saturated carbocycles. The number of amides is 2. The first kappa shape index (κ1) is 22.6. The fraction of sp³-hybridized carbons (Fsp3) is 0.154. The quantitative estimate of drug-likeness (QED) is 0.394. The summed E-state index contributed by atoms with van der Waals surface area (Å²) in [5.74, 6) is 0.486. The summed E-state index contributed by atoms with van der Waals surface area (Å²) < 4.78 is 24.3. The van der Waals surface area contributed by atoms with Crippen molar-refractivity contribution in [2.45, 2.75) is 13.5 Å². The Balaban J connectivity index is 1.32. The molecule has 0 unspecified atom stereocenters. The van der Waals surface area contributed by atoms with Crippen molar-refractivity contribution in [3.05, 3.63) is 100 Å². The first-order valence-electron chi connectivity index (χ1n) is 10.4. The second-order valence-electron chi connectivity index (χ2n) is 7.48. The standard InChI is InChI=1S/C26H22FNO4S/c1-18-3-2-4-20(15-18)17-32-23-9-5-19(6-10-23)16-24-25(29)28(26(30)33-24)13-14-31-22-11-7-21(27)8-12-22/h2-12,15-16H,13-14,17H2,1H3/b24-16-. The molecule has 3 aromatic rings. The average Bonchev–Trinajstić information content (AvgIpc) is 3.07. The van der Waals surface area contributed by atoms with Gasteiger partial charge in [-0.3, -0.25) is 14.5 Å². The molecule has 0 aliphatic carbocycles. The van der Waals surface area contributed by atoms with E-state index in [0.717, 1.165) is 33.5 Å². The van der Waals surface area contributed by atoms with Gasteiger partial charge < -0.3 is 9.47 Å². The van der Waals surface area contributed by atoms with Crippen LogP contribution in [0.5, 0.6) is 11.5 Å². The van der Waals surface area contributed by atoms with Crippen LogP contribution in [0.15, 0.2) is 77.7 Å². The van der Waals surface area contributed by atoms with Crippen molar-refractivity contribution in [2.24, 2.45) is 0 Å². The molecule has 0 atom stereocenters. The molecule has 168 valence electrons. The third kappa shape index (κ3) is 6.02. The SMILES string of the molecule is Cc1cccc(COc2ccc(/C=C3\SC(=O)N(CCOc4ccc(F)cc4)C3=O)cc2)c1. The molecule has 1 aliphatic heterocycles. The van der Waals surface area contributed by atoms with Crippen molar-refractivity contribution in [1.82, 2.24) is 4.90 Å². The summed E-state index contributed by atoms with van der Waals surface area (Å²) in [7, 11) is 0. The van der Waals surface area contributed by atoms with Crippen molar-refractivity contribution in [3.8, 4) is 11.5 Å². The molecule has 4 rings (SSSR count). The molecule has 3 aromatic carbocycles. The predicted molar refractivity (Wildman–Crippen MR) is 127 cm³/mol. The number of hydrogen-bond donors (Lipinski definition) is 0. The van der Waals surface area contributed by atoms with Crippen molar-refractivity contribution < 1.29 is 23.5 Å². The number of nitrogens with zero attached hydrogens (tertiary/aromatic N) is 1. The van der Waals surface area contributed by atoms with Gasteiger partial charge in [-0.15, -0.1) is 0 Å². The summed E-state index contributed by atoms with van der Waals surface area (Å²) in [4.78, 5) is 26.4. The fourth-order valence-corrected chi connectivity index (χ4v) is 4.12. The van der Waals surface area contributed by atoms with Gasteiger partial charge >= 0.3 is 0 Å². The third-order valence-electron chi connectivity index (χ3n) is 4.94. The molecule has 1 saturated heterocycles. The zero-order valence-electron chi connectivity index (χ0n) is 18.0. The van der Waals surface area contributed by atoms with Gasteiger partial charge in [-0.1, -0.05) is 42.0 Å². The normalized spacial score (nSPS) is 14.7. The minimum atomic E-state index is -0.357. The molecule has 1 fully saturated rings. The number of aryl methyl sites for hydroxylation is 1. The Hall–Kier alpha value is -3.58. The highest BCUT2D eigenvalue weighted by molar-refractivity contribution is 8.18. The van der Waals surface area contributed by atoms with E-state index in [4.69, 9.17) is 9.47 Å². The summed E-state index contributed by atoms with van der Waals surface area (Å²) in [5, 5.41) is -0.341. The van der Waals surface area contributed by atoms with Gasteiger partial charge in [0.2, 0.25) is 0 Å². The van der Waals surface area contributed by atoms with E-state index >= 15 is 0 Å². The topological polar surface area (TPSA) is 55.8 Å². The van der Waals surface area contributed by atoms with Crippen LogP contribution in [-0.4, -0.2) is 29.2 Å². The van der Waals surface area contributed by atoms with Crippen LogP contribution < -0.4 is 9.47 Å². The molecule has 5 nitrogen and oxygen atoms in total. The molecular weight excluding hydrogens is 441 g/mol. The Labute approximate surface area is 195 Å². The number of thioether (sulfide) groups is 1. The number of carbonyl (C=O) groups excluding carboxylic acids is 2. The number of ether oxygens (including phenoxy) is 2. The molecule has 1 heterocycles. The smallest absolute Gasteiger partial charge is 0.293 e.